The molecule has 2 rings (SSSR count). The van der Waals surface area contributed by atoms with Crippen molar-refractivity contribution in [3.05, 3.63) is 23.9 Å². The summed E-state index contributed by atoms with van der Waals surface area (Å²) in [5.74, 6) is -0.0904. The molecule has 2 aromatic heterocycles. The molecule has 0 aromatic carbocycles. The van der Waals surface area contributed by atoms with Gasteiger partial charge in [0.05, 0.1) is 12.6 Å². The summed E-state index contributed by atoms with van der Waals surface area (Å²) >= 11 is 0. The molecule has 5 nitrogen and oxygen atoms in total. The number of aromatic nitrogens is 2. The molecule has 0 fully saturated rings. The van der Waals surface area contributed by atoms with Gasteiger partial charge in [-0.2, -0.15) is 0 Å². The van der Waals surface area contributed by atoms with Crippen LogP contribution in [0.5, 0.6) is 0 Å². The van der Waals surface area contributed by atoms with Gasteiger partial charge in [0.15, 0.2) is 0 Å². The highest BCUT2D eigenvalue weighted by Gasteiger charge is 2.20. The summed E-state index contributed by atoms with van der Waals surface area (Å²) in [6, 6.07) is 3.65. The predicted molar refractivity (Wildman–Crippen MR) is 56.5 cm³/mol. The Balaban J connectivity index is 2.83. The van der Waals surface area contributed by atoms with E-state index in [1.54, 1.807) is 23.9 Å². The average Bonchev–Trinajstić information content (AvgIpc) is 2.52. The second-order valence-electron chi connectivity index (χ2n) is 3.18. The molecule has 0 spiro atoms. The first kappa shape index (κ1) is 9.51. The Kier molecular flexibility index (Phi) is 2.07. The maximum absolute atomic E-state index is 11.5. The molecule has 15 heavy (non-hydrogen) atoms. The Morgan fingerprint density at radius 2 is 2.33 bits per heavy atom. The zero-order valence-electron chi connectivity index (χ0n) is 8.52. The van der Waals surface area contributed by atoms with Gasteiger partial charge >= 0.3 is 5.97 Å². The predicted octanol–water partition coefficient (Wildman–Crippen LogP) is 0.942. The molecule has 0 saturated heterocycles. The van der Waals surface area contributed by atoms with Crippen LogP contribution in [-0.2, 0) is 11.8 Å². The number of hydrogen-bond donors (Lipinski definition) is 1. The minimum atomic E-state index is -0.461. The molecule has 2 aromatic rings. The lowest BCUT2D eigenvalue weighted by atomic mass is 10.2. The van der Waals surface area contributed by atoms with Crippen molar-refractivity contribution >= 4 is 22.8 Å². The molecule has 5 heteroatoms. The number of fused-ring (bicyclic) bond motifs is 1. The van der Waals surface area contributed by atoms with Crippen LogP contribution in [-0.4, -0.2) is 22.6 Å². The van der Waals surface area contributed by atoms with E-state index in [0.717, 1.165) is 5.52 Å². The molecule has 2 heterocycles. The van der Waals surface area contributed by atoms with Gasteiger partial charge in [-0.3, -0.25) is 4.98 Å². The summed E-state index contributed by atoms with van der Waals surface area (Å²) in [5, 5.41) is 0. The Hall–Kier alpha value is -2.04. The van der Waals surface area contributed by atoms with Gasteiger partial charge in [-0.1, -0.05) is 0 Å². The number of nitrogens with zero attached hydrogens (tertiary/aromatic N) is 2. The van der Waals surface area contributed by atoms with E-state index in [4.69, 9.17) is 5.73 Å². The number of pyridine rings is 1. The second-order valence-corrected chi connectivity index (χ2v) is 3.18. The third-order valence-electron chi connectivity index (χ3n) is 2.39. The van der Waals surface area contributed by atoms with Crippen LogP contribution in [0.1, 0.15) is 10.4 Å². The number of methoxy groups -OCH3 is 1. The van der Waals surface area contributed by atoms with E-state index < -0.39 is 5.97 Å². The van der Waals surface area contributed by atoms with E-state index in [-0.39, 0.29) is 0 Å². The molecule has 0 unspecified atom stereocenters. The van der Waals surface area contributed by atoms with Crippen molar-refractivity contribution in [2.24, 2.45) is 7.05 Å². The molecule has 0 saturated carbocycles. The van der Waals surface area contributed by atoms with Crippen molar-refractivity contribution in [1.29, 1.82) is 0 Å². The Labute approximate surface area is 86.5 Å². The van der Waals surface area contributed by atoms with Crippen molar-refractivity contribution in [2.75, 3.05) is 12.8 Å². The zero-order valence-corrected chi connectivity index (χ0v) is 8.52. The van der Waals surface area contributed by atoms with E-state index in [2.05, 4.69) is 9.72 Å². The molecule has 0 aliphatic heterocycles. The number of aryl methyl sites for hydroxylation is 1. The summed E-state index contributed by atoms with van der Waals surface area (Å²) < 4.78 is 6.38. The van der Waals surface area contributed by atoms with Crippen LogP contribution in [0.3, 0.4) is 0 Å². The van der Waals surface area contributed by atoms with Gasteiger partial charge in [0.1, 0.15) is 16.9 Å². The molecule has 0 bridgehead atoms. The van der Waals surface area contributed by atoms with E-state index in [9.17, 15) is 4.79 Å². The van der Waals surface area contributed by atoms with E-state index in [1.807, 2.05) is 6.07 Å². The summed E-state index contributed by atoms with van der Waals surface area (Å²) in [6.07, 6.45) is 1.62. The number of carbonyl (C=O) groups excluding carboxylic acids is 1. The maximum Gasteiger partial charge on any atom is 0.343 e. The molecule has 0 radical (unpaired) electrons. The van der Waals surface area contributed by atoms with Crippen LogP contribution in [0.4, 0.5) is 5.82 Å². The second kappa shape index (κ2) is 3.27. The number of ether oxygens (including phenoxy) is 1. The van der Waals surface area contributed by atoms with Gasteiger partial charge in [-0.05, 0) is 12.1 Å². The van der Waals surface area contributed by atoms with E-state index in [1.165, 1.54) is 7.11 Å². The zero-order chi connectivity index (χ0) is 11.0. The minimum absolute atomic E-state index is 0.329. The van der Waals surface area contributed by atoms with Crippen LogP contribution >= 0.6 is 0 Å². The van der Waals surface area contributed by atoms with E-state index in [0.29, 0.717) is 16.9 Å². The average molecular weight is 205 g/mol. The van der Waals surface area contributed by atoms with Crippen LogP contribution in [0.15, 0.2) is 18.3 Å². The summed E-state index contributed by atoms with van der Waals surface area (Å²) in [6.45, 7) is 0. The molecule has 0 aliphatic carbocycles. The summed E-state index contributed by atoms with van der Waals surface area (Å²) in [5.41, 5.74) is 7.53. The van der Waals surface area contributed by atoms with Crippen molar-refractivity contribution < 1.29 is 9.53 Å². The maximum atomic E-state index is 11.5. The number of nitrogens with two attached hydrogens (primary N) is 1. The summed E-state index contributed by atoms with van der Waals surface area (Å²) in [7, 11) is 3.11. The van der Waals surface area contributed by atoms with Crippen molar-refractivity contribution in [2.45, 2.75) is 0 Å². The number of nitrogen functional groups attached to an aromatic ring is 1. The molecule has 2 N–H and O–H groups in total. The smallest absolute Gasteiger partial charge is 0.343 e. The first-order valence-electron chi connectivity index (χ1n) is 4.44. The highest BCUT2D eigenvalue weighted by atomic mass is 16.5. The van der Waals surface area contributed by atoms with Gasteiger partial charge < -0.3 is 15.0 Å². The van der Waals surface area contributed by atoms with Crippen LogP contribution in [0.2, 0.25) is 0 Å². The normalized spacial score (nSPS) is 10.5. The number of hydrogen-bond acceptors (Lipinski definition) is 4. The van der Waals surface area contributed by atoms with Gasteiger partial charge in [0, 0.05) is 13.2 Å². The van der Waals surface area contributed by atoms with Gasteiger partial charge in [0.25, 0.3) is 0 Å². The van der Waals surface area contributed by atoms with Crippen LogP contribution in [0.25, 0.3) is 11.0 Å². The monoisotopic (exact) mass is 205 g/mol. The molecule has 0 amide bonds. The first-order valence-corrected chi connectivity index (χ1v) is 4.44. The number of carbonyl (C=O) groups is 1. The van der Waals surface area contributed by atoms with Crippen LogP contribution in [0, 0.1) is 0 Å². The van der Waals surface area contributed by atoms with Crippen molar-refractivity contribution in [3.63, 3.8) is 0 Å². The van der Waals surface area contributed by atoms with Gasteiger partial charge in [-0.25, -0.2) is 4.79 Å². The number of anilines is 1. The quantitative estimate of drug-likeness (QED) is 0.703. The minimum Gasteiger partial charge on any atom is -0.465 e. The van der Waals surface area contributed by atoms with Gasteiger partial charge in [0.2, 0.25) is 0 Å². The van der Waals surface area contributed by atoms with Crippen molar-refractivity contribution in [1.82, 2.24) is 9.55 Å². The molecular weight excluding hydrogens is 194 g/mol. The topological polar surface area (TPSA) is 70.1 Å². The molecular formula is C10H11N3O2. The highest BCUT2D eigenvalue weighted by Crippen LogP contribution is 2.25. The lowest BCUT2D eigenvalue weighted by molar-refractivity contribution is 0.0604. The lowest BCUT2D eigenvalue weighted by Gasteiger charge is -1.98. The number of esters is 1. The largest absolute Gasteiger partial charge is 0.465 e. The Bertz CT molecular complexity index is 531. The third-order valence-corrected chi connectivity index (χ3v) is 2.39. The third kappa shape index (κ3) is 1.24. The molecule has 0 aliphatic rings. The fourth-order valence-corrected chi connectivity index (χ4v) is 1.58. The summed E-state index contributed by atoms with van der Waals surface area (Å²) in [4.78, 5) is 15.6. The first-order chi connectivity index (χ1) is 7.16. The van der Waals surface area contributed by atoms with Crippen LogP contribution < -0.4 is 5.73 Å². The van der Waals surface area contributed by atoms with Gasteiger partial charge in [-0.15, -0.1) is 0 Å². The lowest BCUT2D eigenvalue weighted by Crippen LogP contribution is -2.06. The Morgan fingerprint density at radius 3 is 3.00 bits per heavy atom. The standard InChI is InChI=1S/C10H11N3O2/c1-13-6-4-3-5-12-8(6)7(9(13)11)10(14)15-2/h3-5H,11H2,1-2H3. The molecule has 78 valence electrons. The SMILES string of the molecule is COC(=O)c1c(N)n(C)c2cccnc12. The van der Waals surface area contributed by atoms with E-state index >= 15 is 0 Å². The fraction of sp³-hybridized carbons (Fsp3) is 0.200. The Morgan fingerprint density at radius 1 is 1.60 bits per heavy atom. The van der Waals surface area contributed by atoms with Crippen molar-refractivity contribution in [3.8, 4) is 0 Å². The highest BCUT2D eigenvalue weighted by molar-refractivity contribution is 6.07. The number of rotatable bonds is 1. The fourth-order valence-electron chi connectivity index (χ4n) is 1.58. The molecule has 0 atom stereocenters.